The van der Waals surface area contributed by atoms with E-state index >= 15 is 0 Å². The third kappa shape index (κ3) is 3.31. The highest BCUT2D eigenvalue weighted by Gasteiger charge is 2.36. The first-order valence-electron chi connectivity index (χ1n) is 5.17. The van der Waals surface area contributed by atoms with Crippen molar-refractivity contribution < 1.29 is 31.1 Å². The van der Waals surface area contributed by atoms with E-state index in [1.165, 1.54) is 0 Å². The summed E-state index contributed by atoms with van der Waals surface area (Å²) in [5, 5.41) is -0.364. The van der Waals surface area contributed by atoms with Crippen LogP contribution in [0.25, 0.3) is 10.9 Å². The lowest BCUT2D eigenvalue weighted by molar-refractivity contribution is -0.274. The number of aromatic nitrogens is 1. The molecule has 0 aliphatic heterocycles. The molecular formula is C11H4BrF6NO2. The van der Waals surface area contributed by atoms with Crippen LogP contribution in [0, 0.1) is 0 Å². The molecule has 1 N–H and O–H groups in total. The van der Waals surface area contributed by atoms with Crippen molar-refractivity contribution in [1.29, 1.82) is 0 Å². The Bertz CT molecular complexity index is 749. The summed E-state index contributed by atoms with van der Waals surface area (Å²) >= 11 is 2.50. The molecule has 0 aliphatic rings. The van der Waals surface area contributed by atoms with Crippen molar-refractivity contribution in [1.82, 2.24) is 4.98 Å². The zero-order valence-electron chi connectivity index (χ0n) is 9.69. The van der Waals surface area contributed by atoms with Gasteiger partial charge in [-0.3, -0.25) is 4.79 Å². The van der Waals surface area contributed by atoms with Gasteiger partial charge in [-0.15, -0.1) is 13.2 Å². The number of benzene rings is 1. The van der Waals surface area contributed by atoms with Gasteiger partial charge in [0.2, 0.25) is 5.43 Å². The maximum atomic E-state index is 12.7. The molecule has 2 rings (SSSR count). The number of fused-ring (bicyclic) bond motifs is 1. The van der Waals surface area contributed by atoms with Crippen LogP contribution in [0.3, 0.4) is 0 Å². The summed E-state index contributed by atoms with van der Waals surface area (Å²) in [7, 11) is 0. The van der Waals surface area contributed by atoms with E-state index < -0.39 is 33.9 Å². The van der Waals surface area contributed by atoms with Crippen molar-refractivity contribution in [3.05, 3.63) is 38.6 Å². The highest BCUT2D eigenvalue weighted by molar-refractivity contribution is 9.10. The minimum Gasteiger partial charge on any atom is -0.406 e. The maximum absolute atomic E-state index is 12.7. The van der Waals surface area contributed by atoms with Gasteiger partial charge in [0, 0.05) is 0 Å². The molecule has 1 aromatic carbocycles. The van der Waals surface area contributed by atoms with Crippen LogP contribution in [-0.4, -0.2) is 11.3 Å². The SMILES string of the molecule is O=c1c(Br)c(C(F)(F)F)[nH]c2ccc(OC(F)(F)F)cc12. The predicted molar refractivity (Wildman–Crippen MR) is 64.0 cm³/mol. The lowest BCUT2D eigenvalue weighted by Crippen LogP contribution is -2.18. The number of pyridine rings is 1. The number of halogens is 7. The van der Waals surface area contributed by atoms with Crippen LogP contribution >= 0.6 is 15.9 Å². The fourth-order valence-electron chi connectivity index (χ4n) is 1.63. The second-order valence-corrected chi connectivity index (χ2v) is 4.69. The molecule has 0 spiro atoms. The highest BCUT2D eigenvalue weighted by atomic mass is 79.9. The highest BCUT2D eigenvalue weighted by Crippen LogP contribution is 2.33. The molecule has 114 valence electrons. The molecule has 3 nitrogen and oxygen atoms in total. The van der Waals surface area contributed by atoms with Crippen molar-refractivity contribution >= 4 is 26.8 Å². The fourth-order valence-corrected chi connectivity index (χ4v) is 2.17. The third-order valence-corrected chi connectivity index (χ3v) is 3.19. The van der Waals surface area contributed by atoms with Crippen molar-refractivity contribution in [3.63, 3.8) is 0 Å². The standard InChI is InChI=1S/C11H4BrF6NO2/c12-7-8(20)5-3-4(21-11(16,17)18)1-2-6(5)19-9(7)10(13,14)15/h1-3H,(H,19,20). The Morgan fingerprint density at radius 3 is 2.24 bits per heavy atom. The summed E-state index contributed by atoms with van der Waals surface area (Å²) in [6.45, 7) is 0. The summed E-state index contributed by atoms with van der Waals surface area (Å²) in [4.78, 5) is 13.8. The summed E-state index contributed by atoms with van der Waals surface area (Å²) in [5.74, 6) is -0.702. The summed E-state index contributed by atoms with van der Waals surface area (Å²) < 4.78 is 77.1. The zero-order chi connectivity index (χ0) is 16.0. The van der Waals surface area contributed by atoms with Crippen molar-refractivity contribution in [3.8, 4) is 5.75 Å². The van der Waals surface area contributed by atoms with Gasteiger partial charge in [-0.25, -0.2) is 0 Å². The Morgan fingerprint density at radius 1 is 1.10 bits per heavy atom. The second kappa shape index (κ2) is 4.93. The van der Waals surface area contributed by atoms with Crippen LogP contribution in [0.1, 0.15) is 5.69 Å². The van der Waals surface area contributed by atoms with E-state index in [1.54, 1.807) is 0 Å². The molecule has 0 amide bonds. The largest absolute Gasteiger partial charge is 0.573 e. The number of hydrogen-bond acceptors (Lipinski definition) is 2. The lowest BCUT2D eigenvalue weighted by atomic mass is 10.2. The number of rotatable bonds is 1. The minimum atomic E-state index is -4.97. The van der Waals surface area contributed by atoms with Crippen molar-refractivity contribution in [2.24, 2.45) is 0 Å². The van der Waals surface area contributed by atoms with E-state index in [4.69, 9.17) is 0 Å². The first-order valence-corrected chi connectivity index (χ1v) is 5.97. The van der Waals surface area contributed by atoms with Gasteiger partial charge >= 0.3 is 12.5 Å². The van der Waals surface area contributed by atoms with E-state index in [9.17, 15) is 31.1 Å². The molecule has 0 fully saturated rings. The van der Waals surface area contributed by atoms with Crippen LogP contribution in [0.4, 0.5) is 26.3 Å². The molecule has 1 heterocycles. The molecule has 0 unspecified atom stereocenters. The summed E-state index contributed by atoms with van der Waals surface area (Å²) in [5.41, 5.74) is -2.67. The van der Waals surface area contributed by atoms with E-state index in [0.29, 0.717) is 6.07 Å². The molecule has 0 saturated heterocycles. The fraction of sp³-hybridized carbons (Fsp3) is 0.182. The van der Waals surface area contributed by atoms with Crippen LogP contribution < -0.4 is 10.2 Å². The van der Waals surface area contributed by atoms with Gasteiger partial charge in [-0.05, 0) is 34.1 Å². The van der Waals surface area contributed by atoms with E-state index in [2.05, 4.69) is 20.7 Å². The summed E-state index contributed by atoms with van der Waals surface area (Å²) in [6, 6.07) is 2.42. The average molecular weight is 376 g/mol. The first-order chi connectivity index (χ1) is 9.49. The molecule has 1 aromatic heterocycles. The van der Waals surface area contributed by atoms with Crippen molar-refractivity contribution in [2.45, 2.75) is 12.5 Å². The molecule has 0 saturated carbocycles. The minimum absolute atomic E-state index is 0.259. The number of aromatic amines is 1. The van der Waals surface area contributed by atoms with E-state index in [0.717, 1.165) is 12.1 Å². The molecule has 0 aliphatic carbocycles. The van der Waals surface area contributed by atoms with E-state index in [-0.39, 0.29) is 10.9 Å². The number of ether oxygens (including phenoxy) is 1. The van der Waals surface area contributed by atoms with Crippen LogP contribution in [0.15, 0.2) is 27.5 Å². The Kier molecular flexibility index (Phi) is 3.68. The third-order valence-electron chi connectivity index (χ3n) is 2.43. The predicted octanol–water partition coefficient (Wildman–Crippen LogP) is 4.21. The topological polar surface area (TPSA) is 42.1 Å². The van der Waals surface area contributed by atoms with Crippen LogP contribution in [0.5, 0.6) is 5.75 Å². The molecule has 0 bridgehead atoms. The van der Waals surface area contributed by atoms with Gasteiger partial charge in [-0.1, -0.05) is 0 Å². The Labute approximate surface area is 120 Å². The second-order valence-electron chi connectivity index (χ2n) is 3.90. The smallest absolute Gasteiger partial charge is 0.406 e. The van der Waals surface area contributed by atoms with Crippen molar-refractivity contribution in [2.75, 3.05) is 0 Å². The van der Waals surface area contributed by atoms with E-state index in [1.807, 2.05) is 4.98 Å². The van der Waals surface area contributed by atoms with Gasteiger partial charge in [0.1, 0.15) is 11.4 Å². The molecule has 21 heavy (non-hydrogen) atoms. The van der Waals surface area contributed by atoms with Gasteiger partial charge in [-0.2, -0.15) is 13.2 Å². The van der Waals surface area contributed by atoms with Gasteiger partial charge in [0.25, 0.3) is 0 Å². The van der Waals surface area contributed by atoms with Crippen LogP contribution in [-0.2, 0) is 6.18 Å². The summed E-state index contributed by atoms with van der Waals surface area (Å²) in [6.07, 6.45) is -9.78. The number of H-pyrrole nitrogens is 1. The normalized spacial score (nSPS) is 12.7. The number of alkyl halides is 6. The Balaban J connectivity index is 2.66. The van der Waals surface area contributed by atoms with Gasteiger partial charge < -0.3 is 9.72 Å². The molecule has 0 radical (unpaired) electrons. The zero-order valence-corrected chi connectivity index (χ0v) is 11.3. The molecule has 10 heteroatoms. The molecular weight excluding hydrogens is 372 g/mol. The number of hydrogen-bond donors (Lipinski definition) is 1. The van der Waals surface area contributed by atoms with Gasteiger partial charge in [0.15, 0.2) is 0 Å². The molecule has 0 atom stereocenters. The quantitative estimate of drug-likeness (QED) is 0.758. The van der Waals surface area contributed by atoms with Gasteiger partial charge in [0.05, 0.1) is 15.4 Å². The lowest BCUT2D eigenvalue weighted by Gasteiger charge is -2.12. The molecule has 2 aromatic rings. The maximum Gasteiger partial charge on any atom is 0.573 e. The monoisotopic (exact) mass is 375 g/mol. The first kappa shape index (κ1) is 15.7. The van der Waals surface area contributed by atoms with Crippen LogP contribution in [0.2, 0.25) is 0 Å². The number of nitrogens with one attached hydrogen (secondary N) is 1. The Morgan fingerprint density at radius 2 is 1.71 bits per heavy atom. The average Bonchev–Trinajstić information content (AvgIpc) is 2.31. The Hall–Kier alpha value is -1.71.